The number of carbonyl (C=O) groups is 2. The van der Waals surface area contributed by atoms with Crippen molar-refractivity contribution in [2.24, 2.45) is 0 Å². The van der Waals surface area contributed by atoms with Gasteiger partial charge in [0.25, 0.3) is 17.5 Å². The molecule has 3 aromatic carbocycles. The fraction of sp³-hybridized carbons (Fsp3) is 0.167. The van der Waals surface area contributed by atoms with Crippen LogP contribution in [0.2, 0.25) is 5.02 Å². The van der Waals surface area contributed by atoms with Gasteiger partial charge in [-0.3, -0.25) is 19.7 Å². The molecule has 0 aliphatic heterocycles. The second-order valence-corrected chi connectivity index (χ2v) is 8.05. The topological polar surface area (TPSA) is 95.8 Å². The molecule has 170 valence electrons. The SMILES string of the molecule is CN(Cc1ccc(N(C)C)cc1)C(=O)c1ccccc1NC(=O)c1ccc([N+](=O)[O-])cc1Cl. The quantitative estimate of drug-likeness (QED) is 0.397. The van der Waals surface area contributed by atoms with E-state index in [9.17, 15) is 19.7 Å². The molecule has 0 aliphatic carbocycles. The smallest absolute Gasteiger partial charge is 0.270 e. The molecule has 3 aromatic rings. The summed E-state index contributed by atoms with van der Waals surface area (Å²) in [6.45, 7) is 0.392. The number of halogens is 1. The number of non-ortho nitro benzene ring substituents is 1. The van der Waals surface area contributed by atoms with Gasteiger partial charge in [0.1, 0.15) is 0 Å². The lowest BCUT2D eigenvalue weighted by Gasteiger charge is -2.20. The standard InChI is InChI=1S/C24H23ClN4O4/c1-27(2)17-10-8-16(9-11-17)15-28(3)24(31)20-6-4-5-7-22(20)26-23(30)19-13-12-18(29(32)33)14-21(19)25/h4-14H,15H2,1-3H3,(H,26,30). The van der Waals surface area contributed by atoms with E-state index in [-0.39, 0.29) is 22.2 Å². The lowest BCUT2D eigenvalue weighted by molar-refractivity contribution is -0.384. The summed E-state index contributed by atoms with van der Waals surface area (Å²) in [4.78, 5) is 39.7. The summed E-state index contributed by atoms with van der Waals surface area (Å²) in [5.74, 6) is -0.838. The summed E-state index contributed by atoms with van der Waals surface area (Å²) in [5.41, 5.74) is 2.51. The normalized spacial score (nSPS) is 10.4. The van der Waals surface area contributed by atoms with Gasteiger partial charge in [0.05, 0.1) is 26.8 Å². The fourth-order valence-electron chi connectivity index (χ4n) is 3.22. The summed E-state index contributed by atoms with van der Waals surface area (Å²) < 4.78 is 0. The van der Waals surface area contributed by atoms with Gasteiger partial charge in [-0.05, 0) is 35.9 Å². The molecular formula is C24H23ClN4O4. The van der Waals surface area contributed by atoms with E-state index in [1.807, 2.05) is 43.3 Å². The lowest BCUT2D eigenvalue weighted by Crippen LogP contribution is -2.27. The molecule has 3 rings (SSSR count). The van der Waals surface area contributed by atoms with Gasteiger partial charge in [-0.15, -0.1) is 0 Å². The fourth-order valence-corrected chi connectivity index (χ4v) is 3.48. The monoisotopic (exact) mass is 466 g/mol. The van der Waals surface area contributed by atoms with Crippen molar-refractivity contribution < 1.29 is 14.5 Å². The third kappa shape index (κ3) is 5.67. The zero-order chi connectivity index (χ0) is 24.1. The molecule has 0 heterocycles. The van der Waals surface area contributed by atoms with Crippen molar-refractivity contribution >= 4 is 40.5 Å². The van der Waals surface area contributed by atoms with Gasteiger partial charge in [-0.1, -0.05) is 35.9 Å². The van der Waals surface area contributed by atoms with Gasteiger partial charge in [0.2, 0.25) is 0 Å². The summed E-state index contributed by atoms with van der Waals surface area (Å²) >= 11 is 6.06. The van der Waals surface area contributed by atoms with Gasteiger partial charge >= 0.3 is 0 Å². The van der Waals surface area contributed by atoms with E-state index >= 15 is 0 Å². The highest BCUT2D eigenvalue weighted by molar-refractivity contribution is 6.34. The van der Waals surface area contributed by atoms with Gasteiger partial charge in [-0.25, -0.2) is 0 Å². The molecule has 2 amide bonds. The molecule has 0 unspecified atom stereocenters. The minimum atomic E-state index is -0.592. The van der Waals surface area contributed by atoms with Crippen LogP contribution >= 0.6 is 11.6 Å². The Bertz CT molecular complexity index is 1200. The number of benzene rings is 3. The van der Waals surface area contributed by atoms with Crippen LogP contribution in [0.4, 0.5) is 17.1 Å². The maximum atomic E-state index is 13.1. The average Bonchev–Trinajstić information content (AvgIpc) is 2.79. The molecule has 0 radical (unpaired) electrons. The van der Waals surface area contributed by atoms with Crippen molar-refractivity contribution in [1.29, 1.82) is 0 Å². The second kappa shape index (κ2) is 10.1. The molecule has 0 spiro atoms. The minimum absolute atomic E-state index is 0.0520. The number of hydrogen-bond donors (Lipinski definition) is 1. The predicted octanol–water partition coefficient (Wildman–Crippen LogP) is 4.84. The predicted molar refractivity (Wildman–Crippen MR) is 129 cm³/mol. The number of nitro groups is 1. The molecule has 1 N–H and O–H groups in total. The molecule has 0 fully saturated rings. The highest BCUT2D eigenvalue weighted by Crippen LogP contribution is 2.25. The Hall–Kier alpha value is -3.91. The maximum absolute atomic E-state index is 13.1. The molecule has 0 atom stereocenters. The Morgan fingerprint density at radius 2 is 1.64 bits per heavy atom. The number of nitrogens with zero attached hydrogens (tertiary/aromatic N) is 3. The number of hydrogen-bond acceptors (Lipinski definition) is 5. The Labute approximate surface area is 196 Å². The van der Waals surface area contributed by atoms with Crippen molar-refractivity contribution in [3.05, 3.63) is 98.6 Å². The van der Waals surface area contributed by atoms with Crippen LogP contribution in [0.15, 0.2) is 66.7 Å². The van der Waals surface area contributed by atoms with Crippen molar-refractivity contribution in [1.82, 2.24) is 4.90 Å². The number of amides is 2. The maximum Gasteiger partial charge on any atom is 0.270 e. The van der Waals surface area contributed by atoms with Crippen LogP contribution < -0.4 is 10.2 Å². The van der Waals surface area contributed by atoms with E-state index in [4.69, 9.17) is 11.6 Å². The van der Waals surface area contributed by atoms with E-state index in [1.165, 1.54) is 12.1 Å². The van der Waals surface area contributed by atoms with Crippen molar-refractivity contribution in [3.8, 4) is 0 Å². The Morgan fingerprint density at radius 1 is 0.970 bits per heavy atom. The van der Waals surface area contributed by atoms with Crippen molar-refractivity contribution in [3.63, 3.8) is 0 Å². The zero-order valence-corrected chi connectivity index (χ0v) is 19.2. The van der Waals surface area contributed by atoms with Crippen LogP contribution in [0.5, 0.6) is 0 Å². The first-order valence-corrected chi connectivity index (χ1v) is 10.4. The number of carbonyl (C=O) groups excluding carboxylic acids is 2. The van der Waals surface area contributed by atoms with E-state index in [0.717, 1.165) is 17.3 Å². The van der Waals surface area contributed by atoms with Crippen LogP contribution in [0, 0.1) is 10.1 Å². The molecule has 0 saturated heterocycles. The number of rotatable bonds is 7. The van der Waals surface area contributed by atoms with Gasteiger partial charge < -0.3 is 15.1 Å². The third-order valence-electron chi connectivity index (χ3n) is 5.03. The number of anilines is 2. The van der Waals surface area contributed by atoms with E-state index < -0.39 is 10.8 Å². The van der Waals surface area contributed by atoms with E-state index in [1.54, 1.807) is 36.2 Å². The molecular weight excluding hydrogens is 444 g/mol. The Kier molecular flexibility index (Phi) is 7.30. The van der Waals surface area contributed by atoms with Crippen molar-refractivity contribution in [2.75, 3.05) is 31.4 Å². The molecule has 33 heavy (non-hydrogen) atoms. The third-order valence-corrected chi connectivity index (χ3v) is 5.35. The molecule has 0 saturated carbocycles. The largest absolute Gasteiger partial charge is 0.378 e. The Balaban J connectivity index is 1.77. The zero-order valence-electron chi connectivity index (χ0n) is 18.4. The lowest BCUT2D eigenvalue weighted by atomic mass is 10.1. The van der Waals surface area contributed by atoms with Gasteiger partial charge in [0.15, 0.2) is 0 Å². The number of para-hydroxylation sites is 1. The van der Waals surface area contributed by atoms with Crippen LogP contribution in [-0.2, 0) is 6.54 Å². The van der Waals surface area contributed by atoms with Gasteiger partial charge in [-0.2, -0.15) is 0 Å². The second-order valence-electron chi connectivity index (χ2n) is 7.64. The highest BCUT2D eigenvalue weighted by atomic mass is 35.5. The van der Waals surface area contributed by atoms with Crippen molar-refractivity contribution in [2.45, 2.75) is 6.54 Å². The summed E-state index contributed by atoms with van der Waals surface area (Å²) in [6.07, 6.45) is 0. The van der Waals surface area contributed by atoms with Crippen LogP contribution in [0.25, 0.3) is 0 Å². The number of nitro benzene ring substituents is 1. The molecule has 0 bridgehead atoms. The first kappa shape index (κ1) is 23.7. The van der Waals surface area contributed by atoms with E-state index in [2.05, 4.69) is 5.32 Å². The molecule has 8 nitrogen and oxygen atoms in total. The average molecular weight is 467 g/mol. The summed E-state index contributed by atoms with van der Waals surface area (Å²) in [7, 11) is 5.60. The van der Waals surface area contributed by atoms with E-state index in [0.29, 0.717) is 17.8 Å². The molecule has 9 heteroatoms. The number of nitrogens with one attached hydrogen (secondary N) is 1. The summed E-state index contributed by atoms with van der Waals surface area (Å²) in [5, 5.41) is 13.5. The van der Waals surface area contributed by atoms with Crippen LogP contribution in [-0.4, -0.2) is 42.8 Å². The first-order valence-electron chi connectivity index (χ1n) is 10.0. The molecule has 0 aromatic heterocycles. The van der Waals surface area contributed by atoms with Crippen LogP contribution in [0.1, 0.15) is 26.3 Å². The highest BCUT2D eigenvalue weighted by Gasteiger charge is 2.20. The van der Waals surface area contributed by atoms with Crippen LogP contribution in [0.3, 0.4) is 0 Å². The molecule has 0 aliphatic rings. The Morgan fingerprint density at radius 3 is 2.24 bits per heavy atom. The minimum Gasteiger partial charge on any atom is -0.378 e. The first-order chi connectivity index (χ1) is 15.7. The summed E-state index contributed by atoms with van der Waals surface area (Å²) in [6, 6.07) is 18.1. The van der Waals surface area contributed by atoms with Gasteiger partial charge in [0, 0.05) is 45.5 Å².